The smallest absolute Gasteiger partial charge is 0.182 e. The number of hydrogen-bond donors (Lipinski definition) is 0. The lowest BCUT2D eigenvalue weighted by molar-refractivity contribution is 1.04. The molecule has 0 amide bonds. The van der Waals surface area contributed by atoms with Crippen LogP contribution in [0.3, 0.4) is 0 Å². The standard InChI is InChI=1S/C21H17N5/c1-14-9-10-15(2)16(13-14)19-24-20(17-7-3-5-11-22-17)26-21(25-19)18-8-4-6-12-23-18/h3-13H,1-2H3. The van der Waals surface area contributed by atoms with Crippen LogP contribution in [0.1, 0.15) is 11.1 Å². The Labute approximate surface area is 151 Å². The number of nitrogens with zero attached hydrogens (tertiary/aromatic N) is 5. The van der Waals surface area contributed by atoms with Crippen LogP contribution in [0.25, 0.3) is 34.4 Å². The minimum atomic E-state index is 0.539. The molecule has 5 heteroatoms. The van der Waals surface area contributed by atoms with Crippen LogP contribution in [0.15, 0.2) is 67.0 Å². The van der Waals surface area contributed by atoms with Crippen LogP contribution in [0, 0.1) is 13.8 Å². The third kappa shape index (κ3) is 3.19. The Morgan fingerprint density at radius 2 is 1.19 bits per heavy atom. The maximum Gasteiger partial charge on any atom is 0.182 e. The first-order chi connectivity index (χ1) is 12.7. The van der Waals surface area contributed by atoms with Crippen molar-refractivity contribution in [2.24, 2.45) is 0 Å². The lowest BCUT2D eigenvalue weighted by atomic mass is 10.1. The fraction of sp³-hybridized carbons (Fsp3) is 0.0952. The normalized spacial score (nSPS) is 10.7. The fourth-order valence-electron chi connectivity index (χ4n) is 2.69. The highest BCUT2D eigenvalue weighted by Gasteiger charge is 2.14. The van der Waals surface area contributed by atoms with Crippen molar-refractivity contribution in [1.29, 1.82) is 0 Å². The third-order valence-corrected chi connectivity index (χ3v) is 4.06. The van der Waals surface area contributed by atoms with Crippen LogP contribution >= 0.6 is 0 Å². The van der Waals surface area contributed by atoms with Crippen LogP contribution in [0.4, 0.5) is 0 Å². The minimum Gasteiger partial charge on any atom is -0.253 e. The Morgan fingerprint density at radius 3 is 1.73 bits per heavy atom. The van der Waals surface area contributed by atoms with E-state index in [0.717, 1.165) is 16.7 Å². The van der Waals surface area contributed by atoms with Crippen molar-refractivity contribution in [1.82, 2.24) is 24.9 Å². The van der Waals surface area contributed by atoms with Gasteiger partial charge >= 0.3 is 0 Å². The average Bonchev–Trinajstić information content (AvgIpc) is 2.71. The molecule has 0 bridgehead atoms. The van der Waals surface area contributed by atoms with Gasteiger partial charge in [0.1, 0.15) is 11.4 Å². The zero-order chi connectivity index (χ0) is 17.9. The monoisotopic (exact) mass is 339 g/mol. The van der Waals surface area contributed by atoms with E-state index in [0.29, 0.717) is 28.9 Å². The van der Waals surface area contributed by atoms with Gasteiger partial charge in [-0.05, 0) is 49.7 Å². The third-order valence-electron chi connectivity index (χ3n) is 4.06. The molecule has 0 radical (unpaired) electrons. The molecule has 0 aliphatic heterocycles. The van der Waals surface area contributed by atoms with E-state index < -0.39 is 0 Å². The number of aryl methyl sites for hydroxylation is 2. The Hall–Kier alpha value is -3.47. The Morgan fingerprint density at radius 1 is 0.615 bits per heavy atom. The molecule has 0 spiro atoms. The first-order valence-electron chi connectivity index (χ1n) is 8.37. The molecular weight excluding hydrogens is 322 g/mol. The van der Waals surface area contributed by atoms with Crippen LogP contribution in [-0.4, -0.2) is 24.9 Å². The van der Waals surface area contributed by atoms with Crippen molar-refractivity contribution >= 4 is 0 Å². The number of rotatable bonds is 3. The van der Waals surface area contributed by atoms with Crippen LogP contribution in [-0.2, 0) is 0 Å². The van der Waals surface area contributed by atoms with Gasteiger partial charge in [-0.15, -0.1) is 0 Å². The SMILES string of the molecule is Cc1ccc(C)c(-c2nc(-c3ccccn3)nc(-c3ccccn3)n2)c1. The van der Waals surface area contributed by atoms with Gasteiger partial charge in [0.05, 0.1) is 0 Å². The zero-order valence-electron chi connectivity index (χ0n) is 14.6. The maximum absolute atomic E-state index is 4.69. The van der Waals surface area contributed by atoms with E-state index in [1.807, 2.05) is 36.4 Å². The second kappa shape index (κ2) is 6.80. The highest BCUT2D eigenvalue weighted by Crippen LogP contribution is 2.25. The molecule has 126 valence electrons. The van der Waals surface area contributed by atoms with Gasteiger partial charge in [0.25, 0.3) is 0 Å². The quantitative estimate of drug-likeness (QED) is 0.557. The second-order valence-corrected chi connectivity index (χ2v) is 6.05. The highest BCUT2D eigenvalue weighted by molar-refractivity contribution is 5.66. The van der Waals surface area contributed by atoms with Gasteiger partial charge in [-0.25, -0.2) is 15.0 Å². The largest absolute Gasteiger partial charge is 0.253 e. The van der Waals surface area contributed by atoms with E-state index in [9.17, 15) is 0 Å². The average molecular weight is 339 g/mol. The summed E-state index contributed by atoms with van der Waals surface area (Å²) in [5, 5.41) is 0. The molecule has 4 aromatic rings. The van der Waals surface area contributed by atoms with Gasteiger partial charge in [-0.3, -0.25) is 9.97 Å². The highest BCUT2D eigenvalue weighted by atomic mass is 15.1. The molecule has 26 heavy (non-hydrogen) atoms. The summed E-state index contributed by atoms with van der Waals surface area (Å²) in [4.78, 5) is 22.8. The van der Waals surface area contributed by atoms with Gasteiger partial charge in [0.15, 0.2) is 17.5 Å². The molecule has 0 aliphatic carbocycles. The van der Waals surface area contributed by atoms with Crippen molar-refractivity contribution < 1.29 is 0 Å². The molecule has 3 heterocycles. The van der Waals surface area contributed by atoms with Gasteiger partial charge < -0.3 is 0 Å². The van der Waals surface area contributed by atoms with Gasteiger partial charge in [-0.1, -0.05) is 29.8 Å². The number of aromatic nitrogens is 5. The predicted molar refractivity (Wildman–Crippen MR) is 101 cm³/mol. The summed E-state index contributed by atoms with van der Waals surface area (Å²) in [6.45, 7) is 4.11. The Bertz CT molecular complexity index is 989. The molecule has 3 aromatic heterocycles. The number of hydrogen-bond acceptors (Lipinski definition) is 5. The lowest BCUT2D eigenvalue weighted by Gasteiger charge is -2.09. The molecule has 0 saturated heterocycles. The summed E-state index contributed by atoms with van der Waals surface area (Å²) in [5.41, 5.74) is 4.67. The van der Waals surface area contributed by atoms with Crippen molar-refractivity contribution in [2.45, 2.75) is 13.8 Å². The number of benzene rings is 1. The molecular formula is C21H17N5. The molecule has 0 aliphatic rings. The van der Waals surface area contributed by atoms with E-state index >= 15 is 0 Å². The summed E-state index contributed by atoms with van der Waals surface area (Å²) < 4.78 is 0. The topological polar surface area (TPSA) is 64.5 Å². The summed E-state index contributed by atoms with van der Waals surface area (Å²) >= 11 is 0. The van der Waals surface area contributed by atoms with E-state index in [1.165, 1.54) is 0 Å². The molecule has 1 aromatic carbocycles. The van der Waals surface area contributed by atoms with E-state index in [2.05, 4.69) is 57.0 Å². The Kier molecular flexibility index (Phi) is 4.19. The second-order valence-electron chi connectivity index (χ2n) is 6.05. The van der Waals surface area contributed by atoms with Crippen molar-refractivity contribution in [3.05, 3.63) is 78.1 Å². The van der Waals surface area contributed by atoms with E-state index in [4.69, 9.17) is 0 Å². The number of pyridine rings is 2. The predicted octanol–water partition coefficient (Wildman–Crippen LogP) is 4.28. The first kappa shape index (κ1) is 16.0. The summed E-state index contributed by atoms with van der Waals surface area (Å²) in [7, 11) is 0. The molecule has 0 atom stereocenters. The van der Waals surface area contributed by atoms with Crippen LogP contribution < -0.4 is 0 Å². The van der Waals surface area contributed by atoms with Gasteiger partial charge in [-0.2, -0.15) is 0 Å². The van der Waals surface area contributed by atoms with Crippen molar-refractivity contribution in [3.63, 3.8) is 0 Å². The van der Waals surface area contributed by atoms with E-state index in [1.54, 1.807) is 12.4 Å². The van der Waals surface area contributed by atoms with Crippen LogP contribution in [0.2, 0.25) is 0 Å². The maximum atomic E-state index is 4.69. The van der Waals surface area contributed by atoms with Gasteiger partial charge in [0.2, 0.25) is 0 Å². The summed E-state index contributed by atoms with van der Waals surface area (Å²) in [6.07, 6.45) is 3.47. The lowest BCUT2D eigenvalue weighted by Crippen LogP contribution is -2.02. The summed E-state index contributed by atoms with van der Waals surface area (Å²) in [6, 6.07) is 17.6. The van der Waals surface area contributed by atoms with Crippen molar-refractivity contribution in [2.75, 3.05) is 0 Å². The molecule has 0 saturated carbocycles. The van der Waals surface area contributed by atoms with Gasteiger partial charge in [0, 0.05) is 18.0 Å². The molecule has 0 unspecified atom stereocenters. The first-order valence-corrected chi connectivity index (χ1v) is 8.37. The van der Waals surface area contributed by atoms with Crippen molar-refractivity contribution in [3.8, 4) is 34.4 Å². The molecule has 5 nitrogen and oxygen atoms in total. The van der Waals surface area contributed by atoms with E-state index in [-0.39, 0.29) is 0 Å². The fourth-order valence-corrected chi connectivity index (χ4v) is 2.69. The van der Waals surface area contributed by atoms with Crippen LogP contribution in [0.5, 0.6) is 0 Å². The molecule has 0 N–H and O–H groups in total. The molecule has 0 fully saturated rings. The molecule has 4 rings (SSSR count). The minimum absolute atomic E-state index is 0.539. The Balaban J connectivity index is 1.95. The summed E-state index contributed by atoms with van der Waals surface area (Å²) in [5.74, 6) is 1.71. The zero-order valence-corrected chi connectivity index (χ0v) is 14.6.